The fraction of sp³-hybridized carbons (Fsp3) is 0.0625. The van der Waals surface area contributed by atoms with E-state index in [2.05, 4.69) is 9.71 Å². The standard InChI is InChI=1S/C16H13FN2O2S/c1-11-10-12(7-8-14(11)17)22(20,21)19-16-6-2-5-15-13(16)4-3-9-18-15/h2-10,19H,1H3. The lowest BCUT2D eigenvalue weighted by molar-refractivity contribution is 0.598. The molecule has 4 nitrogen and oxygen atoms in total. The summed E-state index contributed by atoms with van der Waals surface area (Å²) in [6.45, 7) is 1.52. The minimum atomic E-state index is -3.79. The lowest BCUT2D eigenvalue weighted by Gasteiger charge is -2.11. The quantitative estimate of drug-likeness (QED) is 0.805. The maximum absolute atomic E-state index is 13.3. The van der Waals surface area contributed by atoms with E-state index in [9.17, 15) is 12.8 Å². The molecule has 3 rings (SSSR count). The van der Waals surface area contributed by atoms with Crippen molar-refractivity contribution in [3.63, 3.8) is 0 Å². The van der Waals surface area contributed by atoms with Crippen molar-refractivity contribution < 1.29 is 12.8 Å². The Kier molecular flexibility index (Phi) is 3.54. The topological polar surface area (TPSA) is 59.1 Å². The van der Waals surface area contributed by atoms with Gasteiger partial charge in [-0.25, -0.2) is 12.8 Å². The summed E-state index contributed by atoms with van der Waals surface area (Å²) in [5, 5.41) is 0.701. The van der Waals surface area contributed by atoms with Crippen LogP contribution in [0.5, 0.6) is 0 Å². The Morgan fingerprint density at radius 2 is 1.91 bits per heavy atom. The van der Waals surface area contributed by atoms with Gasteiger partial charge in [0.2, 0.25) is 0 Å². The van der Waals surface area contributed by atoms with Gasteiger partial charge < -0.3 is 0 Å². The van der Waals surface area contributed by atoms with E-state index in [1.807, 2.05) is 0 Å². The fourth-order valence-corrected chi connectivity index (χ4v) is 3.34. The second kappa shape index (κ2) is 5.38. The third-order valence-electron chi connectivity index (χ3n) is 3.33. The van der Waals surface area contributed by atoms with Gasteiger partial charge >= 0.3 is 0 Å². The summed E-state index contributed by atoms with van der Waals surface area (Å²) in [6.07, 6.45) is 1.64. The number of hydrogen-bond donors (Lipinski definition) is 1. The van der Waals surface area contributed by atoms with Crippen molar-refractivity contribution in [3.05, 3.63) is 66.1 Å². The number of pyridine rings is 1. The molecule has 1 N–H and O–H groups in total. The first-order chi connectivity index (χ1) is 10.5. The molecule has 1 aromatic heterocycles. The number of anilines is 1. The van der Waals surface area contributed by atoms with Crippen LogP contribution in [0.15, 0.2) is 59.6 Å². The van der Waals surface area contributed by atoms with Gasteiger partial charge in [-0.05, 0) is 55.0 Å². The number of aryl methyl sites for hydroxylation is 1. The Bertz CT molecular complexity index is 950. The summed E-state index contributed by atoms with van der Waals surface area (Å²) in [6, 6.07) is 12.4. The molecule has 112 valence electrons. The summed E-state index contributed by atoms with van der Waals surface area (Å²) in [5.41, 5.74) is 1.41. The highest BCUT2D eigenvalue weighted by Crippen LogP contribution is 2.24. The van der Waals surface area contributed by atoms with Crippen LogP contribution in [0, 0.1) is 12.7 Å². The summed E-state index contributed by atoms with van der Waals surface area (Å²) < 4.78 is 40.7. The molecule has 0 saturated carbocycles. The number of aromatic nitrogens is 1. The number of hydrogen-bond acceptors (Lipinski definition) is 3. The molecule has 22 heavy (non-hydrogen) atoms. The zero-order valence-electron chi connectivity index (χ0n) is 11.7. The smallest absolute Gasteiger partial charge is 0.261 e. The molecular formula is C16H13FN2O2S. The second-order valence-electron chi connectivity index (χ2n) is 4.89. The average Bonchev–Trinajstić information content (AvgIpc) is 2.50. The Morgan fingerprint density at radius 1 is 1.09 bits per heavy atom. The van der Waals surface area contributed by atoms with Gasteiger partial charge in [0.15, 0.2) is 0 Å². The van der Waals surface area contributed by atoms with Crippen LogP contribution >= 0.6 is 0 Å². The third-order valence-corrected chi connectivity index (χ3v) is 4.69. The monoisotopic (exact) mass is 316 g/mol. The average molecular weight is 316 g/mol. The van der Waals surface area contributed by atoms with Crippen LogP contribution in [0.2, 0.25) is 0 Å². The maximum atomic E-state index is 13.3. The van der Waals surface area contributed by atoms with E-state index in [1.54, 1.807) is 36.5 Å². The molecule has 0 radical (unpaired) electrons. The van der Waals surface area contributed by atoms with E-state index < -0.39 is 15.8 Å². The van der Waals surface area contributed by atoms with Crippen molar-refractivity contribution in [2.75, 3.05) is 4.72 Å². The van der Waals surface area contributed by atoms with Crippen LogP contribution in [-0.2, 0) is 10.0 Å². The second-order valence-corrected chi connectivity index (χ2v) is 6.57. The summed E-state index contributed by atoms with van der Waals surface area (Å²) in [5.74, 6) is -0.437. The van der Waals surface area contributed by atoms with Gasteiger partial charge in [0, 0.05) is 11.6 Å². The molecule has 0 aliphatic rings. The molecule has 0 aliphatic carbocycles. The molecule has 0 fully saturated rings. The molecule has 2 aromatic carbocycles. The highest BCUT2D eigenvalue weighted by Gasteiger charge is 2.16. The predicted molar refractivity (Wildman–Crippen MR) is 83.7 cm³/mol. The first-order valence-electron chi connectivity index (χ1n) is 6.60. The third kappa shape index (κ3) is 2.65. The Balaban J connectivity index is 2.05. The minimum Gasteiger partial charge on any atom is -0.279 e. The Labute approximate surface area is 127 Å². The van der Waals surface area contributed by atoms with E-state index in [0.29, 0.717) is 16.6 Å². The molecule has 0 spiro atoms. The SMILES string of the molecule is Cc1cc(S(=O)(=O)Nc2cccc3ncccc23)ccc1F. The fourth-order valence-electron chi connectivity index (χ4n) is 2.18. The van der Waals surface area contributed by atoms with Crippen LogP contribution in [0.25, 0.3) is 10.9 Å². The minimum absolute atomic E-state index is 0.0206. The first kappa shape index (κ1) is 14.5. The van der Waals surface area contributed by atoms with Crippen molar-refractivity contribution in [2.45, 2.75) is 11.8 Å². The van der Waals surface area contributed by atoms with E-state index in [-0.39, 0.29) is 10.5 Å². The van der Waals surface area contributed by atoms with Gasteiger partial charge in [-0.3, -0.25) is 9.71 Å². The van der Waals surface area contributed by atoms with E-state index in [0.717, 1.165) is 6.07 Å². The van der Waals surface area contributed by atoms with Gasteiger partial charge in [-0.15, -0.1) is 0 Å². The van der Waals surface area contributed by atoms with Gasteiger partial charge in [0.05, 0.1) is 16.1 Å². The largest absolute Gasteiger partial charge is 0.279 e. The Hall–Kier alpha value is -2.47. The lowest BCUT2D eigenvalue weighted by Crippen LogP contribution is -2.13. The van der Waals surface area contributed by atoms with Crippen molar-refractivity contribution in [3.8, 4) is 0 Å². The zero-order valence-corrected chi connectivity index (χ0v) is 12.6. The van der Waals surface area contributed by atoms with Gasteiger partial charge in [-0.1, -0.05) is 6.07 Å². The molecule has 3 aromatic rings. The molecule has 0 aliphatic heterocycles. The van der Waals surface area contributed by atoms with Crippen LogP contribution < -0.4 is 4.72 Å². The number of nitrogens with one attached hydrogen (secondary N) is 1. The normalized spacial score (nSPS) is 11.5. The van der Waals surface area contributed by atoms with E-state index >= 15 is 0 Å². The van der Waals surface area contributed by atoms with Crippen molar-refractivity contribution in [1.82, 2.24) is 4.98 Å². The van der Waals surface area contributed by atoms with Gasteiger partial charge in [0.25, 0.3) is 10.0 Å². The van der Waals surface area contributed by atoms with E-state index in [4.69, 9.17) is 0 Å². The number of halogens is 1. The first-order valence-corrected chi connectivity index (χ1v) is 8.08. The van der Waals surface area contributed by atoms with E-state index in [1.165, 1.54) is 19.1 Å². The summed E-state index contributed by atoms with van der Waals surface area (Å²) in [4.78, 5) is 4.21. The molecule has 0 saturated heterocycles. The van der Waals surface area contributed by atoms with Crippen LogP contribution in [0.1, 0.15) is 5.56 Å². The number of fused-ring (bicyclic) bond motifs is 1. The lowest BCUT2D eigenvalue weighted by atomic mass is 10.2. The summed E-state index contributed by atoms with van der Waals surface area (Å²) >= 11 is 0. The highest BCUT2D eigenvalue weighted by molar-refractivity contribution is 7.92. The van der Waals surface area contributed by atoms with Crippen molar-refractivity contribution >= 4 is 26.6 Å². The van der Waals surface area contributed by atoms with Crippen LogP contribution in [0.3, 0.4) is 0 Å². The van der Waals surface area contributed by atoms with Crippen LogP contribution in [0.4, 0.5) is 10.1 Å². The molecule has 0 atom stereocenters. The molecule has 6 heteroatoms. The van der Waals surface area contributed by atoms with Gasteiger partial charge in [-0.2, -0.15) is 0 Å². The Morgan fingerprint density at radius 3 is 2.68 bits per heavy atom. The molecule has 0 unspecified atom stereocenters. The number of benzene rings is 2. The zero-order chi connectivity index (χ0) is 15.7. The van der Waals surface area contributed by atoms with Crippen molar-refractivity contribution in [1.29, 1.82) is 0 Å². The number of nitrogens with zero attached hydrogens (tertiary/aromatic N) is 1. The molecular weight excluding hydrogens is 303 g/mol. The molecule has 0 bridgehead atoms. The molecule has 0 amide bonds. The maximum Gasteiger partial charge on any atom is 0.261 e. The van der Waals surface area contributed by atoms with Crippen molar-refractivity contribution in [2.24, 2.45) is 0 Å². The van der Waals surface area contributed by atoms with Gasteiger partial charge in [0.1, 0.15) is 5.82 Å². The highest BCUT2D eigenvalue weighted by atomic mass is 32.2. The van der Waals surface area contributed by atoms with Crippen LogP contribution in [-0.4, -0.2) is 13.4 Å². The number of rotatable bonds is 3. The molecule has 1 heterocycles. The number of sulfonamides is 1. The summed E-state index contributed by atoms with van der Waals surface area (Å²) in [7, 11) is -3.79. The predicted octanol–water partition coefficient (Wildman–Crippen LogP) is 3.48.